The first-order chi connectivity index (χ1) is 12.1. The highest BCUT2D eigenvalue weighted by molar-refractivity contribution is 5.94. The van der Waals surface area contributed by atoms with Gasteiger partial charge in [0.15, 0.2) is 5.69 Å². The van der Waals surface area contributed by atoms with Gasteiger partial charge in [-0.15, -0.1) is 0 Å². The van der Waals surface area contributed by atoms with E-state index in [1.165, 1.54) is 25.0 Å². The first-order valence-corrected chi connectivity index (χ1v) is 9.29. The van der Waals surface area contributed by atoms with Gasteiger partial charge in [0.2, 0.25) is 0 Å². The zero-order valence-electron chi connectivity index (χ0n) is 14.6. The fourth-order valence-electron chi connectivity index (χ4n) is 4.07. The molecule has 5 heteroatoms. The van der Waals surface area contributed by atoms with Gasteiger partial charge < -0.3 is 5.32 Å². The molecule has 0 saturated heterocycles. The maximum absolute atomic E-state index is 13.2. The van der Waals surface area contributed by atoms with E-state index in [0.717, 1.165) is 55.0 Å². The average Bonchev–Trinajstić information content (AvgIpc) is 3.20. The van der Waals surface area contributed by atoms with Gasteiger partial charge in [0.05, 0.1) is 5.69 Å². The topological polar surface area (TPSA) is 46.9 Å². The highest BCUT2D eigenvalue weighted by Crippen LogP contribution is 2.29. The van der Waals surface area contributed by atoms with Crippen LogP contribution in [0.3, 0.4) is 0 Å². The minimum absolute atomic E-state index is 0.0569. The van der Waals surface area contributed by atoms with Crippen LogP contribution in [0.1, 0.15) is 60.8 Å². The second kappa shape index (κ2) is 6.62. The Kier molecular flexibility index (Phi) is 4.32. The van der Waals surface area contributed by atoms with E-state index in [1.54, 1.807) is 12.1 Å². The number of halogens is 1. The Hall–Kier alpha value is -2.17. The lowest BCUT2D eigenvalue weighted by atomic mass is 9.87. The van der Waals surface area contributed by atoms with Crippen molar-refractivity contribution in [1.29, 1.82) is 0 Å². The Balaban J connectivity index is 1.59. The van der Waals surface area contributed by atoms with Gasteiger partial charge in [-0.1, -0.05) is 6.92 Å². The first-order valence-electron chi connectivity index (χ1n) is 9.29. The average molecular weight is 341 g/mol. The van der Waals surface area contributed by atoms with Crippen molar-refractivity contribution in [1.82, 2.24) is 15.1 Å². The Labute approximate surface area is 147 Å². The number of amides is 1. The standard InChI is InChI=1S/C20H24FN3O/c1-13-5-9-15(10-6-13)22-20(25)19-17-3-2-4-18(17)24(23-19)16-11-7-14(21)8-12-16/h7-8,11-13,15H,2-6,9-10H2,1H3,(H,22,25). The third-order valence-electron chi connectivity index (χ3n) is 5.57. The van der Waals surface area contributed by atoms with Gasteiger partial charge in [-0.3, -0.25) is 4.79 Å². The lowest BCUT2D eigenvalue weighted by molar-refractivity contribution is 0.0916. The summed E-state index contributed by atoms with van der Waals surface area (Å²) in [5, 5.41) is 7.78. The Morgan fingerprint density at radius 3 is 2.60 bits per heavy atom. The van der Waals surface area contributed by atoms with Crippen molar-refractivity contribution in [2.75, 3.05) is 0 Å². The third kappa shape index (κ3) is 3.20. The Morgan fingerprint density at radius 2 is 1.88 bits per heavy atom. The SMILES string of the molecule is CC1CCC(NC(=O)c2nn(-c3ccc(F)cc3)c3c2CCC3)CC1. The first kappa shape index (κ1) is 16.3. The molecule has 0 bridgehead atoms. The Morgan fingerprint density at radius 1 is 1.16 bits per heavy atom. The fourth-order valence-corrected chi connectivity index (χ4v) is 4.07. The summed E-state index contributed by atoms with van der Waals surface area (Å²) in [6.45, 7) is 2.27. The Bertz CT molecular complexity index is 773. The van der Waals surface area contributed by atoms with Crippen LogP contribution in [0.5, 0.6) is 0 Å². The molecule has 1 saturated carbocycles. The van der Waals surface area contributed by atoms with Gasteiger partial charge >= 0.3 is 0 Å². The molecule has 4 rings (SSSR count). The zero-order valence-corrected chi connectivity index (χ0v) is 14.6. The number of carbonyl (C=O) groups is 1. The summed E-state index contributed by atoms with van der Waals surface area (Å²) in [5.41, 5.74) is 3.51. The molecule has 1 aromatic heterocycles. The second-order valence-electron chi connectivity index (χ2n) is 7.45. The van der Waals surface area contributed by atoms with Crippen molar-refractivity contribution < 1.29 is 9.18 Å². The van der Waals surface area contributed by atoms with Crippen LogP contribution in [0.15, 0.2) is 24.3 Å². The van der Waals surface area contributed by atoms with Crippen molar-refractivity contribution in [2.45, 2.75) is 57.9 Å². The van der Waals surface area contributed by atoms with Crippen LogP contribution >= 0.6 is 0 Å². The number of nitrogens with zero attached hydrogens (tertiary/aromatic N) is 2. The van der Waals surface area contributed by atoms with E-state index in [-0.39, 0.29) is 17.8 Å². The highest BCUT2D eigenvalue weighted by Gasteiger charge is 2.28. The third-order valence-corrected chi connectivity index (χ3v) is 5.57. The van der Waals surface area contributed by atoms with E-state index in [9.17, 15) is 9.18 Å². The number of hydrogen-bond acceptors (Lipinski definition) is 2. The van der Waals surface area contributed by atoms with E-state index in [1.807, 2.05) is 4.68 Å². The lowest BCUT2D eigenvalue weighted by Crippen LogP contribution is -2.37. The molecule has 1 heterocycles. The van der Waals surface area contributed by atoms with E-state index in [0.29, 0.717) is 5.69 Å². The van der Waals surface area contributed by atoms with Gasteiger partial charge in [-0.05, 0) is 75.1 Å². The van der Waals surface area contributed by atoms with E-state index in [2.05, 4.69) is 17.3 Å². The summed E-state index contributed by atoms with van der Waals surface area (Å²) in [5.74, 6) is 0.436. The molecular formula is C20H24FN3O. The number of nitrogens with one attached hydrogen (secondary N) is 1. The van der Waals surface area contributed by atoms with E-state index >= 15 is 0 Å². The summed E-state index contributed by atoms with van der Waals surface area (Å²) in [6.07, 6.45) is 7.28. The predicted molar refractivity (Wildman–Crippen MR) is 94.4 cm³/mol. The van der Waals surface area contributed by atoms with Gasteiger partial charge in [-0.25, -0.2) is 9.07 Å². The molecule has 2 aliphatic carbocycles. The van der Waals surface area contributed by atoms with Crippen LogP contribution in [0.25, 0.3) is 5.69 Å². The molecule has 0 aliphatic heterocycles. The molecule has 0 atom stereocenters. The van der Waals surface area contributed by atoms with Gasteiger partial charge in [-0.2, -0.15) is 5.10 Å². The summed E-state index contributed by atoms with van der Waals surface area (Å²) >= 11 is 0. The molecule has 2 aliphatic rings. The van der Waals surface area contributed by atoms with Gasteiger partial charge in [0.25, 0.3) is 5.91 Å². The highest BCUT2D eigenvalue weighted by atomic mass is 19.1. The minimum atomic E-state index is -0.267. The lowest BCUT2D eigenvalue weighted by Gasteiger charge is -2.26. The van der Waals surface area contributed by atoms with Crippen LogP contribution in [0.4, 0.5) is 4.39 Å². The maximum Gasteiger partial charge on any atom is 0.272 e. The number of aromatic nitrogens is 2. The normalized spacial score (nSPS) is 22.6. The summed E-state index contributed by atoms with van der Waals surface area (Å²) in [6, 6.07) is 6.55. The molecule has 1 N–H and O–H groups in total. The fraction of sp³-hybridized carbons (Fsp3) is 0.500. The number of benzene rings is 1. The van der Waals surface area contributed by atoms with Crippen LogP contribution in [0, 0.1) is 11.7 Å². The summed E-state index contributed by atoms with van der Waals surface area (Å²) in [7, 11) is 0. The smallest absolute Gasteiger partial charge is 0.272 e. The molecule has 25 heavy (non-hydrogen) atoms. The van der Waals surface area contributed by atoms with Crippen LogP contribution in [-0.4, -0.2) is 21.7 Å². The second-order valence-corrected chi connectivity index (χ2v) is 7.45. The molecule has 1 amide bonds. The number of hydrogen-bond donors (Lipinski definition) is 1. The summed E-state index contributed by atoms with van der Waals surface area (Å²) < 4.78 is 15.0. The molecule has 2 aromatic rings. The molecule has 4 nitrogen and oxygen atoms in total. The van der Waals surface area contributed by atoms with Crippen molar-refractivity contribution in [2.24, 2.45) is 5.92 Å². The molecule has 1 fully saturated rings. The molecule has 132 valence electrons. The largest absolute Gasteiger partial charge is 0.348 e. The molecule has 0 unspecified atom stereocenters. The molecular weight excluding hydrogens is 317 g/mol. The van der Waals surface area contributed by atoms with Crippen LogP contribution in [0.2, 0.25) is 0 Å². The quantitative estimate of drug-likeness (QED) is 0.923. The van der Waals surface area contributed by atoms with Gasteiger partial charge in [0.1, 0.15) is 5.82 Å². The number of fused-ring (bicyclic) bond motifs is 1. The van der Waals surface area contributed by atoms with Gasteiger partial charge in [0, 0.05) is 17.3 Å². The summed E-state index contributed by atoms with van der Waals surface area (Å²) in [4.78, 5) is 12.8. The van der Waals surface area contributed by atoms with Crippen molar-refractivity contribution in [3.8, 4) is 5.69 Å². The van der Waals surface area contributed by atoms with Crippen LogP contribution in [-0.2, 0) is 12.8 Å². The minimum Gasteiger partial charge on any atom is -0.348 e. The molecule has 0 spiro atoms. The van der Waals surface area contributed by atoms with Crippen molar-refractivity contribution in [3.63, 3.8) is 0 Å². The monoisotopic (exact) mass is 341 g/mol. The zero-order chi connectivity index (χ0) is 17.4. The number of carbonyl (C=O) groups excluding carboxylic acids is 1. The van der Waals surface area contributed by atoms with E-state index in [4.69, 9.17) is 0 Å². The predicted octanol–water partition coefficient (Wildman–Crippen LogP) is 3.81. The molecule has 1 aromatic carbocycles. The van der Waals surface area contributed by atoms with Crippen molar-refractivity contribution in [3.05, 3.63) is 47.0 Å². The number of rotatable bonds is 3. The van der Waals surface area contributed by atoms with Crippen molar-refractivity contribution >= 4 is 5.91 Å². The molecule has 0 radical (unpaired) electrons. The van der Waals surface area contributed by atoms with E-state index < -0.39 is 0 Å². The van der Waals surface area contributed by atoms with Crippen LogP contribution < -0.4 is 5.32 Å². The maximum atomic E-state index is 13.2.